The second-order valence-corrected chi connectivity index (χ2v) is 8.36. The van der Waals surface area contributed by atoms with Gasteiger partial charge in [0.05, 0.1) is 0 Å². The lowest BCUT2D eigenvalue weighted by molar-refractivity contribution is -0.128. The van der Waals surface area contributed by atoms with E-state index in [1.807, 2.05) is 11.8 Å². The van der Waals surface area contributed by atoms with Crippen LogP contribution in [0.15, 0.2) is 46.9 Å². The van der Waals surface area contributed by atoms with Gasteiger partial charge in [-0.15, -0.1) is 11.8 Å². The molecule has 1 aromatic carbocycles. The summed E-state index contributed by atoms with van der Waals surface area (Å²) in [5.41, 5.74) is 1.52. The summed E-state index contributed by atoms with van der Waals surface area (Å²) in [4.78, 5) is 14.3. The zero-order valence-corrected chi connectivity index (χ0v) is 14.6. The molecule has 3 rings (SSSR count). The van der Waals surface area contributed by atoms with Gasteiger partial charge >= 0.3 is 0 Å². The van der Waals surface area contributed by atoms with Crippen molar-refractivity contribution < 1.29 is 4.79 Å². The lowest BCUT2D eigenvalue weighted by atomic mass is 9.69. The van der Waals surface area contributed by atoms with Crippen LogP contribution in [0.3, 0.4) is 0 Å². The van der Waals surface area contributed by atoms with Crippen molar-refractivity contribution in [2.75, 3.05) is 0 Å². The van der Waals surface area contributed by atoms with Crippen molar-refractivity contribution in [2.24, 2.45) is 23.7 Å². The lowest BCUT2D eigenvalue weighted by Gasteiger charge is -2.40. The predicted octanol–water partition coefficient (Wildman–Crippen LogP) is 5.36. The Labute approximate surface area is 138 Å². The quantitative estimate of drug-likeness (QED) is 0.698. The molecule has 118 valence electrons. The van der Waals surface area contributed by atoms with Gasteiger partial charge in [0.15, 0.2) is 0 Å². The molecule has 1 aromatic rings. The van der Waals surface area contributed by atoms with Crippen LogP contribution in [-0.4, -0.2) is 11.0 Å². The van der Waals surface area contributed by atoms with Gasteiger partial charge in [-0.25, -0.2) is 0 Å². The molecule has 2 aliphatic carbocycles. The Kier molecular flexibility index (Phi) is 4.77. The minimum Gasteiger partial charge on any atom is -0.299 e. The van der Waals surface area contributed by atoms with E-state index in [9.17, 15) is 4.79 Å². The predicted molar refractivity (Wildman–Crippen MR) is 94.0 cm³/mol. The first-order valence-corrected chi connectivity index (χ1v) is 9.40. The summed E-state index contributed by atoms with van der Waals surface area (Å²) in [6, 6.07) is 10.6. The maximum Gasteiger partial charge on any atom is 0.140 e. The van der Waals surface area contributed by atoms with E-state index in [1.54, 1.807) is 0 Å². The molecule has 0 radical (unpaired) electrons. The molecule has 4 atom stereocenters. The average Bonchev–Trinajstić information content (AvgIpc) is 2.58. The van der Waals surface area contributed by atoms with Crippen molar-refractivity contribution in [3.05, 3.63) is 42.0 Å². The minimum absolute atomic E-state index is 0.181. The first kappa shape index (κ1) is 15.9. The molecule has 22 heavy (non-hydrogen) atoms. The topological polar surface area (TPSA) is 17.1 Å². The van der Waals surface area contributed by atoms with Gasteiger partial charge < -0.3 is 0 Å². The van der Waals surface area contributed by atoms with E-state index in [0.717, 1.165) is 6.42 Å². The smallest absolute Gasteiger partial charge is 0.140 e. The third-order valence-electron chi connectivity index (χ3n) is 5.33. The number of hydrogen-bond donors (Lipinski definition) is 0. The molecule has 0 saturated heterocycles. The summed E-state index contributed by atoms with van der Waals surface area (Å²) in [5, 5.41) is 0.348. The van der Waals surface area contributed by atoms with Gasteiger partial charge in [-0.1, -0.05) is 50.6 Å². The van der Waals surface area contributed by atoms with Crippen molar-refractivity contribution in [3.63, 3.8) is 0 Å². The molecular formula is C20H26OS. The zero-order valence-electron chi connectivity index (χ0n) is 13.8. The highest BCUT2D eigenvalue weighted by atomic mass is 32.2. The number of thioether (sulfide) groups is 1. The summed E-state index contributed by atoms with van der Waals surface area (Å²) >= 11 is 1.91. The Morgan fingerprint density at radius 3 is 2.59 bits per heavy atom. The van der Waals surface area contributed by atoms with E-state index in [2.05, 4.69) is 57.2 Å². The van der Waals surface area contributed by atoms with E-state index in [4.69, 9.17) is 0 Å². The van der Waals surface area contributed by atoms with E-state index < -0.39 is 0 Å². The Morgan fingerprint density at radius 2 is 1.91 bits per heavy atom. The Balaban J connectivity index is 1.95. The fourth-order valence-corrected chi connectivity index (χ4v) is 5.46. The molecule has 1 fully saturated rings. The highest BCUT2D eigenvalue weighted by molar-refractivity contribution is 8.00. The van der Waals surface area contributed by atoms with Gasteiger partial charge in [0, 0.05) is 22.0 Å². The van der Waals surface area contributed by atoms with Crippen LogP contribution in [-0.2, 0) is 4.79 Å². The van der Waals surface area contributed by atoms with Crippen molar-refractivity contribution in [2.45, 2.75) is 50.2 Å². The summed E-state index contributed by atoms with van der Waals surface area (Å²) in [6.45, 7) is 6.68. The molecule has 1 nitrogen and oxygen atoms in total. The Hall–Kier alpha value is -1.02. The van der Waals surface area contributed by atoms with Crippen molar-refractivity contribution in [1.82, 2.24) is 0 Å². The monoisotopic (exact) mass is 314 g/mol. The number of carbonyl (C=O) groups is 1. The fraction of sp³-hybridized carbons (Fsp3) is 0.550. The number of ketones is 1. The molecule has 2 bridgehead atoms. The van der Waals surface area contributed by atoms with Crippen LogP contribution in [0.25, 0.3) is 0 Å². The molecule has 0 spiro atoms. The molecule has 0 unspecified atom stereocenters. The summed E-state index contributed by atoms with van der Waals surface area (Å²) in [6.07, 6.45) is 5.66. The number of benzene rings is 1. The van der Waals surface area contributed by atoms with E-state index in [1.165, 1.54) is 23.3 Å². The number of rotatable bonds is 3. The van der Waals surface area contributed by atoms with E-state index in [0.29, 0.717) is 22.9 Å². The third-order valence-corrected chi connectivity index (χ3v) is 6.72. The average molecular weight is 314 g/mol. The summed E-state index contributed by atoms with van der Waals surface area (Å²) in [7, 11) is 0. The van der Waals surface area contributed by atoms with E-state index in [-0.39, 0.29) is 11.8 Å². The lowest BCUT2D eigenvalue weighted by Crippen LogP contribution is -2.40. The standard InChI is InChI=1S/C20H26OS/c1-13(2)17-12-11-15-10-9-14(3)19(21)18(17)20(15)22-16-7-5-4-6-8-16/h4-8,10,13-14,17-18,20H,9,11-12H2,1-3H3/t14-,17-,18+,20-/m1/s1. The summed E-state index contributed by atoms with van der Waals surface area (Å²) in [5.74, 6) is 1.99. The van der Waals surface area contributed by atoms with Gasteiger partial charge in [0.1, 0.15) is 5.78 Å². The van der Waals surface area contributed by atoms with Crippen molar-refractivity contribution >= 4 is 17.5 Å². The Bertz CT molecular complexity index is 560. The van der Waals surface area contributed by atoms with E-state index >= 15 is 0 Å². The third kappa shape index (κ3) is 3.03. The second-order valence-electron chi connectivity index (χ2n) is 7.14. The van der Waals surface area contributed by atoms with Crippen molar-refractivity contribution in [1.29, 1.82) is 0 Å². The van der Waals surface area contributed by atoms with Crippen LogP contribution < -0.4 is 0 Å². The molecule has 0 N–H and O–H groups in total. The van der Waals surface area contributed by atoms with Crippen LogP contribution in [0.4, 0.5) is 0 Å². The number of fused-ring (bicyclic) bond motifs is 2. The molecule has 0 amide bonds. The maximum atomic E-state index is 13.0. The number of allylic oxidation sites excluding steroid dienone is 1. The SMILES string of the molecule is CC(C)[C@H]1CCC2=CC[C@@H](C)C(=O)[C@H]1[C@@H]2Sc1ccccc1. The maximum absolute atomic E-state index is 13.0. The number of carbonyl (C=O) groups excluding carboxylic acids is 1. The molecule has 0 aliphatic heterocycles. The normalized spacial score (nSPS) is 31.8. The minimum atomic E-state index is 0.181. The van der Waals surface area contributed by atoms with Gasteiger partial charge in [-0.3, -0.25) is 4.79 Å². The van der Waals surface area contributed by atoms with Crippen LogP contribution in [0.5, 0.6) is 0 Å². The molecule has 1 saturated carbocycles. The summed E-state index contributed by atoms with van der Waals surface area (Å²) < 4.78 is 0. The Morgan fingerprint density at radius 1 is 1.18 bits per heavy atom. The second kappa shape index (κ2) is 6.62. The molecular weight excluding hydrogens is 288 g/mol. The first-order chi connectivity index (χ1) is 10.6. The highest BCUT2D eigenvalue weighted by Crippen LogP contribution is 2.48. The highest BCUT2D eigenvalue weighted by Gasteiger charge is 2.44. The van der Waals surface area contributed by atoms with Crippen LogP contribution in [0.1, 0.15) is 40.0 Å². The van der Waals surface area contributed by atoms with Gasteiger partial charge in [-0.05, 0) is 43.2 Å². The van der Waals surface area contributed by atoms with Crippen LogP contribution in [0, 0.1) is 23.7 Å². The number of Topliss-reactive ketones (excluding diaryl/α,β-unsaturated/α-hetero) is 1. The molecule has 2 aliphatic rings. The zero-order chi connectivity index (χ0) is 15.7. The fourth-order valence-electron chi connectivity index (χ4n) is 4.00. The number of hydrogen-bond acceptors (Lipinski definition) is 2. The van der Waals surface area contributed by atoms with Crippen LogP contribution >= 0.6 is 11.8 Å². The molecule has 0 aromatic heterocycles. The largest absolute Gasteiger partial charge is 0.299 e. The first-order valence-electron chi connectivity index (χ1n) is 8.52. The van der Waals surface area contributed by atoms with Crippen molar-refractivity contribution in [3.8, 4) is 0 Å². The van der Waals surface area contributed by atoms with Gasteiger partial charge in [0.2, 0.25) is 0 Å². The van der Waals surface area contributed by atoms with Gasteiger partial charge in [-0.2, -0.15) is 0 Å². The van der Waals surface area contributed by atoms with Gasteiger partial charge in [0.25, 0.3) is 0 Å². The molecule has 0 heterocycles. The molecule has 2 heteroatoms. The van der Waals surface area contributed by atoms with Crippen LogP contribution in [0.2, 0.25) is 0 Å².